The van der Waals surface area contributed by atoms with Crippen LogP contribution in [-0.2, 0) is 9.59 Å². The lowest BCUT2D eigenvalue weighted by molar-refractivity contribution is -0.128. The zero-order valence-electron chi connectivity index (χ0n) is 14.0. The minimum Gasteiger partial charge on any atom is -0.356 e. The maximum Gasteiger partial charge on any atom is 0.225 e. The Hall–Kier alpha value is -1.06. The monoisotopic (exact) mass is 284 g/mol. The normalized spacial score (nSPS) is 13.2. The van der Waals surface area contributed by atoms with Gasteiger partial charge >= 0.3 is 0 Å². The van der Waals surface area contributed by atoms with Crippen LogP contribution in [0.25, 0.3) is 0 Å². The number of nitrogens with one attached hydrogen (secondary N) is 2. The van der Waals surface area contributed by atoms with Gasteiger partial charge in [-0.05, 0) is 32.1 Å². The number of amides is 2. The predicted octanol–water partition coefficient (Wildman–Crippen LogP) is 2.87. The summed E-state index contributed by atoms with van der Waals surface area (Å²) in [5.41, 5.74) is -0.367. The Morgan fingerprint density at radius 1 is 1.05 bits per heavy atom. The lowest BCUT2D eigenvalue weighted by atomic mass is 9.96. The Labute approximate surface area is 124 Å². The Kier molecular flexibility index (Phi) is 8.51. The van der Waals surface area contributed by atoms with Crippen molar-refractivity contribution in [2.24, 2.45) is 11.3 Å². The fraction of sp³-hybridized carbons (Fsp3) is 0.875. The summed E-state index contributed by atoms with van der Waals surface area (Å²) in [7, 11) is 0. The lowest BCUT2D eigenvalue weighted by Gasteiger charge is -2.18. The molecule has 0 aromatic carbocycles. The summed E-state index contributed by atoms with van der Waals surface area (Å²) in [6.45, 7) is 12.6. The van der Waals surface area contributed by atoms with E-state index in [-0.39, 0.29) is 23.3 Å². The lowest BCUT2D eigenvalue weighted by Crippen LogP contribution is -2.36. The van der Waals surface area contributed by atoms with E-state index in [0.717, 1.165) is 12.8 Å². The van der Waals surface area contributed by atoms with Crippen LogP contribution in [0.1, 0.15) is 67.2 Å². The van der Waals surface area contributed by atoms with Gasteiger partial charge in [-0.25, -0.2) is 0 Å². The van der Waals surface area contributed by atoms with Crippen molar-refractivity contribution in [2.45, 2.75) is 73.3 Å². The first-order chi connectivity index (χ1) is 9.12. The van der Waals surface area contributed by atoms with Gasteiger partial charge in [0.25, 0.3) is 0 Å². The zero-order valence-corrected chi connectivity index (χ0v) is 14.0. The van der Waals surface area contributed by atoms with Gasteiger partial charge in [0.1, 0.15) is 0 Å². The van der Waals surface area contributed by atoms with Crippen LogP contribution in [0, 0.1) is 11.3 Å². The Morgan fingerprint density at radius 2 is 1.65 bits per heavy atom. The smallest absolute Gasteiger partial charge is 0.225 e. The molecule has 0 saturated carbocycles. The van der Waals surface area contributed by atoms with Gasteiger partial charge in [0, 0.05) is 24.4 Å². The summed E-state index contributed by atoms with van der Waals surface area (Å²) < 4.78 is 0. The maximum absolute atomic E-state index is 11.7. The summed E-state index contributed by atoms with van der Waals surface area (Å²) in [5, 5.41) is 5.85. The molecule has 1 unspecified atom stereocenters. The molecule has 2 N–H and O–H groups in total. The topological polar surface area (TPSA) is 58.2 Å². The van der Waals surface area contributed by atoms with E-state index in [1.165, 1.54) is 0 Å². The van der Waals surface area contributed by atoms with Gasteiger partial charge in [0.15, 0.2) is 0 Å². The highest BCUT2D eigenvalue weighted by Gasteiger charge is 2.20. The van der Waals surface area contributed by atoms with E-state index in [1.54, 1.807) is 0 Å². The summed E-state index contributed by atoms with van der Waals surface area (Å²) in [4.78, 5) is 23.3. The minimum atomic E-state index is -0.367. The molecule has 4 heteroatoms. The van der Waals surface area contributed by atoms with Gasteiger partial charge in [-0.3, -0.25) is 9.59 Å². The van der Waals surface area contributed by atoms with Gasteiger partial charge < -0.3 is 10.6 Å². The van der Waals surface area contributed by atoms with Crippen molar-refractivity contribution in [3.8, 4) is 0 Å². The van der Waals surface area contributed by atoms with Crippen LogP contribution >= 0.6 is 0 Å². The highest BCUT2D eigenvalue weighted by molar-refractivity contribution is 5.81. The molecule has 0 bridgehead atoms. The molecule has 0 aromatic heterocycles. The SMILES string of the molecule is CC(C)CCC(C)NC(=O)CCCNC(=O)C(C)(C)C. The van der Waals surface area contributed by atoms with Crippen LogP contribution in [0.15, 0.2) is 0 Å². The van der Waals surface area contributed by atoms with Crippen LogP contribution in [0.4, 0.5) is 0 Å². The molecule has 4 nitrogen and oxygen atoms in total. The van der Waals surface area contributed by atoms with Crippen molar-refractivity contribution in [3.05, 3.63) is 0 Å². The van der Waals surface area contributed by atoms with E-state index in [2.05, 4.69) is 24.5 Å². The summed E-state index contributed by atoms with van der Waals surface area (Å²) in [6.07, 6.45) is 3.30. The largest absolute Gasteiger partial charge is 0.356 e. The first-order valence-corrected chi connectivity index (χ1v) is 7.70. The third-order valence-corrected chi connectivity index (χ3v) is 3.13. The second kappa shape index (κ2) is 8.98. The average Bonchev–Trinajstić information content (AvgIpc) is 2.30. The fourth-order valence-electron chi connectivity index (χ4n) is 1.72. The van der Waals surface area contributed by atoms with E-state index in [9.17, 15) is 9.59 Å². The van der Waals surface area contributed by atoms with Gasteiger partial charge in [-0.2, -0.15) is 0 Å². The molecule has 0 radical (unpaired) electrons. The molecule has 0 spiro atoms. The maximum atomic E-state index is 11.7. The first-order valence-electron chi connectivity index (χ1n) is 7.70. The van der Waals surface area contributed by atoms with Crippen LogP contribution in [0.2, 0.25) is 0 Å². The molecule has 0 aromatic rings. The van der Waals surface area contributed by atoms with Crippen LogP contribution in [-0.4, -0.2) is 24.4 Å². The van der Waals surface area contributed by atoms with Crippen molar-refractivity contribution in [1.29, 1.82) is 0 Å². The average molecular weight is 284 g/mol. The molecule has 0 fully saturated rings. The second-order valence-electron chi connectivity index (χ2n) is 7.05. The molecular weight excluding hydrogens is 252 g/mol. The van der Waals surface area contributed by atoms with Crippen LogP contribution in [0.3, 0.4) is 0 Å². The minimum absolute atomic E-state index is 0.0307. The van der Waals surface area contributed by atoms with E-state index < -0.39 is 0 Å². The number of rotatable bonds is 8. The molecule has 1 atom stereocenters. The van der Waals surface area contributed by atoms with Crippen molar-refractivity contribution >= 4 is 11.8 Å². The van der Waals surface area contributed by atoms with Gasteiger partial charge in [0.05, 0.1) is 0 Å². The molecule has 0 heterocycles. The van der Waals surface area contributed by atoms with Crippen molar-refractivity contribution in [1.82, 2.24) is 10.6 Å². The van der Waals surface area contributed by atoms with E-state index in [1.807, 2.05) is 27.7 Å². The number of hydrogen-bond donors (Lipinski definition) is 2. The zero-order chi connectivity index (χ0) is 15.8. The molecule has 0 saturated heterocycles. The third-order valence-electron chi connectivity index (χ3n) is 3.13. The molecule has 20 heavy (non-hydrogen) atoms. The Bertz CT molecular complexity index is 306. The molecule has 0 aliphatic carbocycles. The molecule has 0 aliphatic rings. The third kappa shape index (κ3) is 9.82. The van der Waals surface area contributed by atoms with Crippen LogP contribution < -0.4 is 10.6 Å². The first kappa shape index (κ1) is 18.9. The van der Waals surface area contributed by atoms with Crippen LogP contribution in [0.5, 0.6) is 0 Å². The molecular formula is C16H32N2O2. The van der Waals surface area contributed by atoms with Gasteiger partial charge in [-0.1, -0.05) is 34.6 Å². The second-order valence-corrected chi connectivity index (χ2v) is 7.05. The standard InChI is InChI=1S/C16H32N2O2/c1-12(2)9-10-13(3)18-14(19)8-7-11-17-15(20)16(4,5)6/h12-13H,7-11H2,1-6H3,(H,17,20)(H,18,19). The number of carbonyl (C=O) groups excluding carboxylic acids is 2. The predicted molar refractivity (Wildman–Crippen MR) is 83.4 cm³/mol. The summed E-state index contributed by atoms with van der Waals surface area (Å²) in [5.74, 6) is 0.774. The molecule has 118 valence electrons. The summed E-state index contributed by atoms with van der Waals surface area (Å²) in [6, 6.07) is 0.231. The highest BCUT2D eigenvalue weighted by Crippen LogP contribution is 2.12. The van der Waals surface area contributed by atoms with E-state index in [4.69, 9.17) is 0 Å². The van der Waals surface area contributed by atoms with Gasteiger partial charge in [-0.15, -0.1) is 0 Å². The number of hydrogen-bond acceptors (Lipinski definition) is 2. The van der Waals surface area contributed by atoms with E-state index >= 15 is 0 Å². The number of carbonyl (C=O) groups is 2. The Balaban J connectivity index is 3.71. The highest BCUT2D eigenvalue weighted by atomic mass is 16.2. The Morgan fingerprint density at radius 3 is 2.15 bits per heavy atom. The molecule has 0 aliphatic heterocycles. The quantitative estimate of drug-likeness (QED) is 0.673. The molecule has 2 amide bonds. The van der Waals surface area contributed by atoms with Crippen molar-refractivity contribution in [3.63, 3.8) is 0 Å². The van der Waals surface area contributed by atoms with Crippen molar-refractivity contribution in [2.75, 3.05) is 6.54 Å². The van der Waals surface area contributed by atoms with E-state index in [0.29, 0.717) is 25.3 Å². The summed E-state index contributed by atoms with van der Waals surface area (Å²) >= 11 is 0. The molecule has 0 rings (SSSR count). The van der Waals surface area contributed by atoms with Crippen molar-refractivity contribution < 1.29 is 9.59 Å². The fourth-order valence-corrected chi connectivity index (χ4v) is 1.72. The van der Waals surface area contributed by atoms with Gasteiger partial charge in [0.2, 0.25) is 11.8 Å².